The summed E-state index contributed by atoms with van der Waals surface area (Å²) in [5.74, 6) is -5.67. The number of halogens is 3. The second-order valence-corrected chi connectivity index (χ2v) is 11.1. The first-order chi connectivity index (χ1) is 18.2. The molecule has 0 aliphatic heterocycles. The van der Waals surface area contributed by atoms with Crippen LogP contribution in [0, 0.1) is 17.5 Å². The SMILES string of the molecule is CSc1nccc(-c2cccnc2Oc2cc(F)c(NS(=O)(=O)Cc3ccc(C4CC4)cc3)c(F)c2F)n1. The number of ether oxygens (including phenoxy) is 1. The summed E-state index contributed by atoms with van der Waals surface area (Å²) in [4.78, 5) is 12.5. The summed E-state index contributed by atoms with van der Waals surface area (Å²) in [5, 5.41) is 0.469. The van der Waals surface area contributed by atoms with Crippen molar-refractivity contribution in [3.63, 3.8) is 0 Å². The molecule has 1 fully saturated rings. The van der Waals surface area contributed by atoms with Gasteiger partial charge in [0.2, 0.25) is 21.7 Å². The standard InChI is InChI=1S/C26H21F3N4O3S2/c1-37-26-31-12-10-20(32-26)18-3-2-11-30-25(18)36-21-13-19(27)24(23(29)22(21)28)33-38(34,35)14-15-4-6-16(7-5-15)17-8-9-17/h2-7,10-13,17,33H,8-9,14H2,1H3. The summed E-state index contributed by atoms with van der Waals surface area (Å²) in [7, 11) is -4.25. The van der Waals surface area contributed by atoms with E-state index < -0.39 is 44.7 Å². The molecule has 5 rings (SSSR count). The molecule has 38 heavy (non-hydrogen) atoms. The Labute approximate surface area is 221 Å². The molecule has 0 amide bonds. The average molecular weight is 559 g/mol. The van der Waals surface area contributed by atoms with Crippen molar-refractivity contribution in [2.75, 3.05) is 11.0 Å². The molecule has 0 bridgehead atoms. The van der Waals surface area contributed by atoms with Gasteiger partial charge in [-0.15, -0.1) is 0 Å². The minimum Gasteiger partial charge on any atom is -0.435 e. The molecule has 0 saturated heterocycles. The molecule has 1 N–H and O–H groups in total. The van der Waals surface area contributed by atoms with Gasteiger partial charge in [0, 0.05) is 18.5 Å². The van der Waals surface area contributed by atoms with Crippen LogP contribution in [0.1, 0.15) is 29.9 Å². The Bertz CT molecular complexity index is 1600. The maximum absolute atomic E-state index is 15.0. The fourth-order valence-electron chi connectivity index (χ4n) is 3.82. The van der Waals surface area contributed by atoms with Gasteiger partial charge in [0.15, 0.2) is 22.5 Å². The number of pyridine rings is 1. The minimum atomic E-state index is -4.25. The Balaban J connectivity index is 1.38. The van der Waals surface area contributed by atoms with Crippen LogP contribution in [-0.2, 0) is 15.8 Å². The molecule has 7 nitrogen and oxygen atoms in total. The smallest absolute Gasteiger partial charge is 0.237 e. The van der Waals surface area contributed by atoms with Crippen molar-refractivity contribution in [2.45, 2.75) is 29.7 Å². The van der Waals surface area contributed by atoms with Crippen molar-refractivity contribution in [1.29, 1.82) is 0 Å². The first-order valence-electron chi connectivity index (χ1n) is 11.5. The van der Waals surface area contributed by atoms with Crippen molar-refractivity contribution in [1.82, 2.24) is 15.0 Å². The van der Waals surface area contributed by atoms with E-state index in [0.29, 0.717) is 34.0 Å². The largest absolute Gasteiger partial charge is 0.435 e. The number of aromatic nitrogens is 3. The lowest BCUT2D eigenvalue weighted by atomic mass is 10.1. The fraction of sp³-hybridized carbons (Fsp3) is 0.192. The van der Waals surface area contributed by atoms with E-state index in [0.717, 1.165) is 18.4 Å². The molecule has 1 aliphatic carbocycles. The number of thioether (sulfide) groups is 1. The summed E-state index contributed by atoms with van der Waals surface area (Å²) in [5.41, 5.74) is 1.16. The summed E-state index contributed by atoms with van der Waals surface area (Å²) in [6, 6.07) is 12.3. The van der Waals surface area contributed by atoms with Crippen LogP contribution in [0.15, 0.2) is 66.1 Å². The number of sulfonamides is 1. The highest BCUT2D eigenvalue weighted by Crippen LogP contribution is 2.40. The van der Waals surface area contributed by atoms with Gasteiger partial charge in [-0.1, -0.05) is 36.0 Å². The molecule has 12 heteroatoms. The molecule has 0 unspecified atom stereocenters. The molecule has 1 aliphatic rings. The predicted molar refractivity (Wildman–Crippen MR) is 138 cm³/mol. The van der Waals surface area contributed by atoms with Gasteiger partial charge in [-0.25, -0.2) is 32.2 Å². The summed E-state index contributed by atoms with van der Waals surface area (Å²) in [6.07, 6.45) is 6.88. The number of anilines is 1. The van der Waals surface area contributed by atoms with E-state index in [1.807, 2.05) is 16.9 Å². The van der Waals surface area contributed by atoms with Crippen molar-refractivity contribution >= 4 is 27.5 Å². The molecule has 196 valence electrons. The van der Waals surface area contributed by atoms with Gasteiger partial charge >= 0.3 is 0 Å². The Morgan fingerprint density at radius 1 is 1.03 bits per heavy atom. The van der Waals surface area contributed by atoms with E-state index in [2.05, 4.69) is 15.0 Å². The quantitative estimate of drug-likeness (QED) is 0.147. The Hall–Kier alpha value is -3.64. The van der Waals surface area contributed by atoms with Gasteiger partial charge in [0.25, 0.3) is 0 Å². The van der Waals surface area contributed by atoms with Crippen LogP contribution in [0.25, 0.3) is 11.3 Å². The third-order valence-electron chi connectivity index (χ3n) is 5.84. The van der Waals surface area contributed by atoms with Gasteiger partial charge in [0.1, 0.15) is 5.69 Å². The van der Waals surface area contributed by atoms with E-state index in [4.69, 9.17) is 4.74 Å². The number of benzene rings is 2. The molecule has 1 saturated carbocycles. The summed E-state index contributed by atoms with van der Waals surface area (Å²) < 4.78 is 77.2. The first-order valence-corrected chi connectivity index (χ1v) is 14.4. The van der Waals surface area contributed by atoms with Gasteiger partial charge in [-0.2, -0.15) is 4.39 Å². The van der Waals surface area contributed by atoms with Crippen LogP contribution >= 0.6 is 11.8 Å². The van der Waals surface area contributed by atoms with E-state index in [-0.39, 0.29) is 5.88 Å². The molecular weight excluding hydrogens is 537 g/mol. The monoisotopic (exact) mass is 558 g/mol. The lowest BCUT2D eigenvalue weighted by Crippen LogP contribution is -2.18. The van der Waals surface area contributed by atoms with Crippen molar-refractivity contribution in [3.8, 4) is 22.9 Å². The molecule has 0 radical (unpaired) electrons. The second kappa shape index (κ2) is 10.6. The maximum atomic E-state index is 15.0. The third kappa shape index (κ3) is 5.76. The highest BCUT2D eigenvalue weighted by atomic mass is 32.2. The van der Waals surface area contributed by atoms with Gasteiger partial charge in [-0.3, -0.25) is 4.72 Å². The van der Waals surface area contributed by atoms with Crippen molar-refractivity contribution in [2.24, 2.45) is 0 Å². The Kier molecular flexibility index (Phi) is 7.26. The number of hydrogen-bond acceptors (Lipinski definition) is 7. The van der Waals surface area contributed by atoms with Crippen LogP contribution in [0.5, 0.6) is 11.6 Å². The third-order valence-corrected chi connectivity index (χ3v) is 7.63. The fourth-order valence-corrected chi connectivity index (χ4v) is 5.37. The molecule has 4 aromatic rings. The van der Waals surface area contributed by atoms with Crippen LogP contribution in [-0.4, -0.2) is 29.6 Å². The minimum absolute atomic E-state index is 0.154. The molecule has 2 aromatic carbocycles. The van der Waals surface area contributed by atoms with E-state index in [1.165, 1.54) is 24.2 Å². The Morgan fingerprint density at radius 2 is 1.79 bits per heavy atom. The lowest BCUT2D eigenvalue weighted by molar-refractivity contribution is 0.401. The zero-order valence-corrected chi connectivity index (χ0v) is 21.6. The summed E-state index contributed by atoms with van der Waals surface area (Å²) >= 11 is 1.31. The summed E-state index contributed by atoms with van der Waals surface area (Å²) in [6.45, 7) is 0. The zero-order valence-electron chi connectivity index (χ0n) is 20.0. The molecule has 0 spiro atoms. The highest BCUT2D eigenvalue weighted by Gasteiger charge is 2.26. The number of hydrogen-bond donors (Lipinski definition) is 1. The number of rotatable bonds is 9. The van der Waals surface area contributed by atoms with Crippen LogP contribution in [0.3, 0.4) is 0 Å². The van der Waals surface area contributed by atoms with Gasteiger partial charge in [0.05, 0.1) is 17.0 Å². The molecule has 2 heterocycles. The number of nitrogens with one attached hydrogen (secondary N) is 1. The molecular formula is C26H21F3N4O3S2. The second-order valence-electron chi connectivity index (χ2n) is 8.62. The maximum Gasteiger partial charge on any atom is 0.237 e. The van der Waals surface area contributed by atoms with Crippen LogP contribution < -0.4 is 9.46 Å². The van der Waals surface area contributed by atoms with Crippen molar-refractivity contribution in [3.05, 3.63) is 89.5 Å². The predicted octanol–water partition coefficient (Wildman–Crippen LogP) is 6.29. The van der Waals surface area contributed by atoms with E-state index >= 15 is 0 Å². The zero-order chi connectivity index (χ0) is 26.9. The van der Waals surface area contributed by atoms with E-state index in [9.17, 15) is 21.6 Å². The highest BCUT2D eigenvalue weighted by molar-refractivity contribution is 7.98. The number of nitrogens with zero attached hydrogens (tertiary/aromatic N) is 3. The lowest BCUT2D eigenvalue weighted by Gasteiger charge is -2.14. The van der Waals surface area contributed by atoms with Gasteiger partial charge < -0.3 is 4.74 Å². The topological polar surface area (TPSA) is 94.1 Å². The van der Waals surface area contributed by atoms with Crippen molar-refractivity contribution < 1.29 is 26.3 Å². The van der Waals surface area contributed by atoms with E-state index in [1.54, 1.807) is 36.6 Å². The average Bonchev–Trinajstić information content (AvgIpc) is 3.76. The molecule has 0 atom stereocenters. The van der Waals surface area contributed by atoms with Crippen LogP contribution in [0.2, 0.25) is 0 Å². The molecule has 2 aromatic heterocycles. The Morgan fingerprint density at radius 3 is 2.50 bits per heavy atom. The van der Waals surface area contributed by atoms with Gasteiger partial charge in [-0.05, 0) is 54.3 Å². The first kappa shape index (κ1) is 26.0. The normalized spacial score (nSPS) is 13.4. The van der Waals surface area contributed by atoms with Crippen LogP contribution in [0.4, 0.5) is 18.9 Å².